The van der Waals surface area contributed by atoms with Gasteiger partial charge in [-0.05, 0) is 19.8 Å². The zero-order valence-corrected chi connectivity index (χ0v) is 9.17. The molecule has 0 aromatic carbocycles. The molecule has 0 bridgehead atoms. The number of carbonyl (C=O) groups is 2. The van der Waals surface area contributed by atoms with Gasteiger partial charge in [-0.2, -0.15) is 0 Å². The van der Waals surface area contributed by atoms with Crippen molar-refractivity contribution in [2.45, 2.75) is 38.3 Å². The van der Waals surface area contributed by atoms with Crippen molar-refractivity contribution >= 4 is 11.9 Å². The van der Waals surface area contributed by atoms with E-state index in [4.69, 9.17) is 15.9 Å². The molecule has 16 heavy (non-hydrogen) atoms. The van der Waals surface area contributed by atoms with Crippen molar-refractivity contribution in [2.24, 2.45) is 5.73 Å². The van der Waals surface area contributed by atoms with Gasteiger partial charge in [0.2, 0.25) is 5.91 Å². The number of hydrogen-bond acceptors (Lipinski definition) is 5. The topological polar surface area (TPSA) is 124 Å². The molecule has 0 aliphatic heterocycles. The van der Waals surface area contributed by atoms with Gasteiger partial charge in [-0.25, -0.2) is 5.06 Å². The summed E-state index contributed by atoms with van der Waals surface area (Å²) >= 11 is 0. The Morgan fingerprint density at radius 3 is 2.44 bits per heavy atom. The van der Waals surface area contributed by atoms with Gasteiger partial charge < -0.3 is 15.9 Å². The number of hydrogen-bond donors (Lipinski definition) is 4. The van der Waals surface area contributed by atoms with Crippen LogP contribution in [0.25, 0.3) is 0 Å². The number of nitrogens with zero attached hydrogens (tertiary/aromatic N) is 1. The van der Waals surface area contributed by atoms with Gasteiger partial charge in [-0.15, -0.1) is 0 Å². The van der Waals surface area contributed by atoms with Crippen LogP contribution >= 0.6 is 0 Å². The lowest BCUT2D eigenvalue weighted by atomic mass is 10.1. The van der Waals surface area contributed by atoms with Crippen LogP contribution in [-0.4, -0.2) is 51.1 Å². The van der Waals surface area contributed by atoms with Gasteiger partial charge in [-0.3, -0.25) is 14.8 Å². The molecule has 0 aromatic heterocycles. The number of carboxylic acid groups (broad SMARTS) is 1. The summed E-state index contributed by atoms with van der Waals surface area (Å²) in [6.07, 6.45) is -0.519. The Morgan fingerprint density at radius 1 is 1.44 bits per heavy atom. The fourth-order valence-corrected chi connectivity index (χ4v) is 1.07. The highest BCUT2D eigenvalue weighted by Crippen LogP contribution is 2.00. The predicted octanol–water partition coefficient (Wildman–Crippen LogP) is -0.833. The van der Waals surface area contributed by atoms with Crippen LogP contribution in [0.15, 0.2) is 0 Å². The largest absolute Gasteiger partial charge is 0.480 e. The number of hydroxylamine groups is 2. The Bertz CT molecular complexity index is 244. The normalized spacial score (nSPS) is 14.2. The number of nitrogens with two attached hydrogens (primary N) is 1. The molecule has 0 unspecified atom stereocenters. The minimum absolute atomic E-state index is 0.00648. The Morgan fingerprint density at radius 2 is 2.00 bits per heavy atom. The van der Waals surface area contributed by atoms with E-state index in [0.29, 0.717) is 5.06 Å². The van der Waals surface area contributed by atoms with Crippen LogP contribution in [0.3, 0.4) is 0 Å². The van der Waals surface area contributed by atoms with Gasteiger partial charge in [0.15, 0.2) is 0 Å². The first-order valence-electron chi connectivity index (χ1n) is 5.00. The van der Waals surface area contributed by atoms with Crippen LogP contribution in [0.1, 0.15) is 26.2 Å². The van der Waals surface area contributed by atoms with Gasteiger partial charge in [0.05, 0.1) is 12.5 Å². The molecule has 94 valence electrons. The SMILES string of the molecule is C[C@@H](O)CC(=O)N(O)CCC[C@H](N)C(=O)O. The van der Waals surface area contributed by atoms with Gasteiger partial charge in [0.25, 0.3) is 0 Å². The molecule has 7 heteroatoms. The number of aliphatic hydroxyl groups excluding tert-OH is 1. The number of amides is 1. The number of carboxylic acids is 1. The van der Waals surface area contributed by atoms with E-state index in [1.54, 1.807) is 0 Å². The Balaban J connectivity index is 3.76. The molecule has 0 fully saturated rings. The summed E-state index contributed by atoms with van der Waals surface area (Å²) in [5.74, 6) is -1.71. The molecule has 0 radical (unpaired) electrons. The number of rotatable bonds is 7. The molecule has 0 saturated carbocycles. The second-order valence-electron chi connectivity index (χ2n) is 3.66. The van der Waals surface area contributed by atoms with Crippen molar-refractivity contribution in [1.82, 2.24) is 5.06 Å². The van der Waals surface area contributed by atoms with Crippen LogP contribution in [0.5, 0.6) is 0 Å². The molecule has 0 saturated heterocycles. The molecular weight excluding hydrogens is 216 g/mol. The first kappa shape index (κ1) is 14.8. The molecule has 7 nitrogen and oxygen atoms in total. The van der Waals surface area contributed by atoms with Crippen LogP contribution in [0, 0.1) is 0 Å². The quantitative estimate of drug-likeness (QED) is 0.336. The van der Waals surface area contributed by atoms with E-state index in [-0.39, 0.29) is 25.8 Å². The standard InChI is InChI=1S/C9H18N2O5/c1-6(12)5-8(13)11(16)4-2-3-7(10)9(14)15/h6-7,12,16H,2-5,10H2,1H3,(H,14,15)/t6-,7+/m1/s1. The van der Waals surface area contributed by atoms with Crippen molar-refractivity contribution in [3.05, 3.63) is 0 Å². The maximum absolute atomic E-state index is 11.1. The minimum atomic E-state index is -1.11. The van der Waals surface area contributed by atoms with Crippen molar-refractivity contribution in [3.63, 3.8) is 0 Å². The summed E-state index contributed by atoms with van der Waals surface area (Å²) in [7, 11) is 0. The molecule has 5 N–H and O–H groups in total. The molecule has 0 aliphatic rings. The summed E-state index contributed by atoms with van der Waals surface area (Å²) in [6.45, 7) is 1.44. The van der Waals surface area contributed by atoms with E-state index in [2.05, 4.69) is 0 Å². The van der Waals surface area contributed by atoms with Gasteiger partial charge >= 0.3 is 5.97 Å². The van der Waals surface area contributed by atoms with E-state index in [1.165, 1.54) is 6.92 Å². The van der Waals surface area contributed by atoms with Crippen molar-refractivity contribution < 1.29 is 25.0 Å². The zero-order valence-electron chi connectivity index (χ0n) is 9.17. The summed E-state index contributed by atoms with van der Waals surface area (Å²) in [6, 6.07) is -0.986. The minimum Gasteiger partial charge on any atom is -0.480 e. The molecule has 2 atom stereocenters. The molecule has 0 rings (SSSR count). The average molecular weight is 234 g/mol. The van der Waals surface area contributed by atoms with Crippen LogP contribution in [0.2, 0.25) is 0 Å². The van der Waals surface area contributed by atoms with Gasteiger partial charge in [0, 0.05) is 6.54 Å². The van der Waals surface area contributed by atoms with Crippen molar-refractivity contribution in [2.75, 3.05) is 6.54 Å². The molecular formula is C9H18N2O5. The molecule has 1 amide bonds. The maximum Gasteiger partial charge on any atom is 0.320 e. The van der Waals surface area contributed by atoms with Gasteiger partial charge in [-0.1, -0.05) is 0 Å². The highest BCUT2D eigenvalue weighted by atomic mass is 16.5. The zero-order chi connectivity index (χ0) is 12.7. The highest BCUT2D eigenvalue weighted by Gasteiger charge is 2.15. The first-order valence-corrected chi connectivity index (χ1v) is 5.00. The Hall–Kier alpha value is -1.18. The summed E-state index contributed by atoms with van der Waals surface area (Å²) in [4.78, 5) is 21.5. The third kappa shape index (κ3) is 6.33. The van der Waals surface area contributed by atoms with E-state index in [1.807, 2.05) is 0 Å². The van der Waals surface area contributed by atoms with Crippen LogP contribution < -0.4 is 5.73 Å². The van der Waals surface area contributed by atoms with E-state index >= 15 is 0 Å². The molecule has 0 spiro atoms. The molecule has 0 aromatic rings. The number of aliphatic hydroxyl groups is 1. The monoisotopic (exact) mass is 234 g/mol. The van der Waals surface area contributed by atoms with Gasteiger partial charge in [0.1, 0.15) is 6.04 Å². The third-order valence-electron chi connectivity index (χ3n) is 1.96. The lowest BCUT2D eigenvalue weighted by Crippen LogP contribution is -2.34. The molecule has 0 heterocycles. The Kier molecular flexibility index (Phi) is 6.63. The third-order valence-corrected chi connectivity index (χ3v) is 1.96. The lowest BCUT2D eigenvalue weighted by molar-refractivity contribution is -0.167. The summed E-state index contributed by atoms with van der Waals surface area (Å²) in [5.41, 5.74) is 5.23. The molecule has 0 aliphatic carbocycles. The number of carbonyl (C=O) groups excluding carboxylic acids is 1. The van der Waals surface area contributed by atoms with Crippen LogP contribution in [0.4, 0.5) is 0 Å². The van der Waals surface area contributed by atoms with Crippen molar-refractivity contribution in [1.29, 1.82) is 0 Å². The fourth-order valence-electron chi connectivity index (χ4n) is 1.07. The van der Waals surface area contributed by atoms with E-state index < -0.39 is 24.0 Å². The summed E-state index contributed by atoms with van der Waals surface area (Å²) in [5, 5.41) is 27.1. The fraction of sp³-hybridized carbons (Fsp3) is 0.778. The lowest BCUT2D eigenvalue weighted by Gasteiger charge is -2.16. The van der Waals surface area contributed by atoms with E-state index in [0.717, 1.165) is 0 Å². The average Bonchev–Trinajstić information content (AvgIpc) is 2.15. The van der Waals surface area contributed by atoms with Crippen LogP contribution in [-0.2, 0) is 9.59 Å². The highest BCUT2D eigenvalue weighted by molar-refractivity contribution is 5.75. The second kappa shape index (κ2) is 7.15. The van der Waals surface area contributed by atoms with Crippen molar-refractivity contribution in [3.8, 4) is 0 Å². The second-order valence-corrected chi connectivity index (χ2v) is 3.66. The predicted molar refractivity (Wildman–Crippen MR) is 54.6 cm³/mol. The maximum atomic E-state index is 11.1. The first-order chi connectivity index (χ1) is 7.34. The summed E-state index contributed by atoms with van der Waals surface area (Å²) < 4.78 is 0. The Labute approximate surface area is 93.4 Å². The number of aliphatic carboxylic acids is 1. The smallest absolute Gasteiger partial charge is 0.320 e. The van der Waals surface area contributed by atoms with E-state index in [9.17, 15) is 14.8 Å².